The van der Waals surface area contributed by atoms with Gasteiger partial charge in [-0.2, -0.15) is 0 Å². The Labute approximate surface area is 133 Å². The van der Waals surface area contributed by atoms with Crippen molar-refractivity contribution in [2.45, 2.75) is 19.8 Å². The zero-order valence-corrected chi connectivity index (χ0v) is 12.8. The lowest BCUT2D eigenvalue weighted by molar-refractivity contribution is -0.153. The van der Waals surface area contributed by atoms with Crippen LogP contribution in [0, 0.1) is 11.2 Å². The van der Waals surface area contributed by atoms with Crippen LogP contribution in [0.5, 0.6) is 0 Å². The minimum Gasteiger partial charge on any atom is -0.481 e. The molecule has 2 amide bonds. The molecule has 1 fully saturated rings. The van der Waals surface area contributed by atoms with Gasteiger partial charge in [-0.15, -0.1) is 0 Å². The molecule has 1 atom stereocenters. The SMILES string of the molecule is CC1(C(=O)O)CCCN(C(=O)CNC(=O)c2cccc(F)c2)C1. The lowest BCUT2D eigenvalue weighted by Gasteiger charge is -2.37. The van der Waals surface area contributed by atoms with Gasteiger partial charge < -0.3 is 15.3 Å². The summed E-state index contributed by atoms with van der Waals surface area (Å²) in [5, 5.41) is 11.7. The zero-order chi connectivity index (χ0) is 17.0. The van der Waals surface area contributed by atoms with E-state index in [2.05, 4.69) is 5.32 Å². The van der Waals surface area contributed by atoms with Crippen LogP contribution in [0.3, 0.4) is 0 Å². The summed E-state index contributed by atoms with van der Waals surface area (Å²) >= 11 is 0. The molecule has 2 rings (SSSR count). The Morgan fingerprint density at radius 1 is 1.39 bits per heavy atom. The molecule has 124 valence electrons. The lowest BCUT2D eigenvalue weighted by Crippen LogP contribution is -2.50. The molecule has 1 aliphatic heterocycles. The molecule has 0 saturated carbocycles. The van der Waals surface area contributed by atoms with Crippen LogP contribution in [0.4, 0.5) is 4.39 Å². The first-order chi connectivity index (χ1) is 10.8. The predicted octanol–water partition coefficient (Wildman–Crippen LogP) is 1.27. The Morgan fingerprint density at radius 2 is 2.13 bits per heavy atom. The summed E-state index contributed by atoms with van der Waals surface area (Å²) in [6, 6.07) is 5.17. The lowest BCUT2D eigenvalue weighted by atomic mass is 9.82. The Hall–Kier alpha value is -2.44. The summed E-state index contributed by atoms with van der Waals surface area (Å²) < 4.78 is 13.1. The summed E-state index contributed by atoms with van der Waals surface area (Å²) in [7, 11) is 0. The molecule has 0 radical (unpaired) electrons. The molecule has 1 aromatic rings. The smallest absolute Gasteiger partial charge is 0.311 e. The first-order valence-electron chi connectivity index (χ1n) is 7.37. The monoisotopic (exact) mass is 322 g/mol. The summed E-state index contributed by atoms with van der Waals surface area (Å²) in [5.74, 6) is -2.35. The highest BCUT2D eigenvalue weighted by Gasteiger charge is 2.39. The molecule has 2 N–H and O–H groups in total. The Balaban J connectivity index is 1.92. The highest BCUT2D eigenvalue weighted by molar-refractivity contribution is 5.96. The average molecular weight is 322 g/mol. The van der Waals surface area contributed by atoms with Gasteiger partial charge in [0.15, 0.2) is 0 Å². The van der Waals surface area contributed by atoms with Crippen molar-refractivity contribution in [3.05, 3.63) is 35.6 Å². The number of carboxylic acid groups (broad SMARTS) is 1. The van der Waals surface area contributed by atoms with E-state index in [1.54, 1.807) is 6.92 Å². The molecule has 1 unspecified atom stereocenters. The van der Waals surface area contributed by atoms with Crippen LogP contribution in [0.15, 0.2) is 24.3 Å². The fourth-order valence-electron chi connectivity index (χ4n) is 2.63. The Morgan fingerprint density at radius 3 is 2.78 bits per heavy atom. The van der Waals surface area contributed by atoms with E-state index in [1.165, 1.54) is 23.1 Å². The third-order valence-electron chi connectivity index (χ3n) is 4.05. The molecular formula is C16H19FN2O4. The molecule has 0 aliphatic carbocycles. The fraction of sp³-hybridized carbons (Fsp3) is 0.438. The molecule has 1 aliphatic rings. The maximum Gasteiger partial charge on any atom is 0.311 e. The van der Waals surface area contributed by atoms with Crippen molar-refractivity contribution in [2.75, 3.05) is 19.6 Å². The molecule has 23 heavy (non-hydrogen) atoms. The number of nitrogens with one attached hydrogen (secondary N) is 1. The van der Waals surface area contributed by atoms with E-state index < -0.39 is 23.1 Å². The van der Waals surface area contributed by atoms with Crippen molar-refractivity contribution in [1.29, 1.82) is 0 Å². The second-order valence-corrected chi connectivity index (χ2v) is 5.98. The molecule has 1 heterocycles. The van der Waals surface area contributed by atoms with Gasteiger partial charge in [-0.25, -0.2) is 4.39 Å². The van der Waals surface area contributed by atoms with Gasteiger partial charge in [-0.3, -0.25) is 14.4 Å². The van der Waals surface area contributed by atoms with Crippen LogP contribution in [0.25, 0.3) is 0 Å². The maximum absolute atomic E-state index is 13.1. The van der Waals surface area contributed by atoms with Crippen LogP contribution in [-0.2, 0) is 9.59 Å². The van der Waals surface area contributed by atoms with Gasteiger partial charge in [-0.05, 0) is 38.0 Å². The molecular weight excluding hydrogens is 303 g/mol. The van der Waals surface area contributed by atoms with Crippen molar-refractivity contribution >= 4 is 17.8 Å². The summed E-state index contributed by atoms with van der Waals surface area (Å²) in [6.07, 6.45) is 1.12. The standard InChI is InChI=1S/C16H19FN2O4/c1-16(15(22)23)6-3-7-19(10-16)13(20)9-18-14(21)11-4-2-5-12(17)8-11/h2,4-5,8H,3,6-7,9-10H2,1H3,(H,18,21)(H,22,23). The van der Waals surface area contributed by atoms with Crippen molar-refractivity contribution in [2.24, 2.45) is 5.41 Å². The van der Waals surface area contributed by atoms with E-state index in [0.29, 0.717) is 19.4 Å². The number of amides is 2. The number of carboxylic acids is 1. The molecule has 0 aromatic heterocycles. The van der Waals surface area contributed by atoms with Crippen molar-refractivity contribution in [3.8, 4) is 0 Å². The summed E-state index contributed by atoms with van der Waals surface area (Å²) in [4.78, 5) is 36.8. The van der Waals surface area contributed by atoms with Gasteiger partial charge >= 0.3 is 5.97 Å². The van der Waals surface area contributed by atoms with E-state index >= 15 is 0 Å². The van der Waals surface area contributed by atoms with Crippen LogP contribution in [0.2, 0.25) is 0 Å². The molecule has 0 bridgehead atoms. The number of halogens is 1. The second-order valence-electron chi connectivity index (χ2n) is 5.98. The molecule has 0 spiro atoms. The van der Waals surface area contributed by atoms with Crippen molar-refractivity contribution < 1.29 is 23.9 Å². The minimum atomic E-state index is -0.958. The summed E-state index contributed by atoms with van der Waals surface area (Å²) in [6.45, 7) is 1.96. The topological polar surface area (TPSA) is 86.7 Å². The number of piperidine rings is 1. The molecule has 6 nitrogen and oxygen atoms in total. The van der Waals surface area contributed by atoms with E-state index in [-0.39, 0.29) is 24.6 Å². The van der Waals surface area contributed by atoms with Gasteiger partial charge in [0.05, 0.1) is 12.0 Å². The normalized spacial score (nSPS) is 20.9. The fourth-order valence-corrected chi connectivity index (χ4v) is 2.63. The van der Waals surface area contributed by atoms with Gasteiger partial charge in [0, 0.05) is 18.7 Å². The molecule has 1 saturated heterocycles. The largest absolute Gasteiger partial charge is 0.481 e. The Bertz CT molecular complexity index is 634. The number of benzene rings is 1. The van der Waals surface area contributed by atoms with Crippen molar-refractivity contribution in [3.63, 3.8) is 0 Å². The number of carbonyl (C=O) groups is 3. The van der Waals surface area contributed by atoms with Crippen LogP contribution < -0.4 is 5.32 Å². The molecule has 7 heteroatoms. The summed E-state index contributed by atoms with van der Waals surface area (Å²) in [5.41, 5.74) is -0.827. The van der Waals surface area contributed by atoms with Gasteiger partial charge in [0.1, 0.15) is 5.82 Å². The zero-order valence-electron chi connectivity index (χ0n) is 12.8. The van der Waals surface area contributed by atoms with Crippen LogP contribution >= 0.6 is 0 Å². The first kappa shape index (κ1) is 16.9. The number of rotatable bonds is 4. The first-order valence-corrected chi connectivity index (χ1v) is 7.37. The van der Waals surface area contributed by atoms with E-state index in [9.17, 15) is 23.9 Å². The third-order valence-corrected chi connectivity index (χ3v) is 4.05. The number of carbonyl (C=O) groups excluding carboxylic acids is 2. The van der Waals surface area contributed by atoms with Crippen LogP contribution in [0.1, 0.15) is 30.1 Å². The van der Waals surface area contributed by atoms with E-state index in [4.69, 9.17) is 0 Å². The van der Waals surface area contributed by atoms with E-state index in [1.807, 2.05) is 0 Å². The highest BCUT2D eigenvalue weighted by atomic mass is 19.1. The predicted molar refractivity (Wildman–Crippen MR) is 80.3 cm³/mol. The number of likely N-dealkylation sites (tertiary alicyclic amines) is 1. The maximum atomic E-state index is 13.1. The second kappa shape index (κ2) is 6.76. The molecule has 1 aromatic carbocycles. The Kier molecular flexibility index (Phi) is 4.98. The van der Waals surface area contributed by atoms with Gasteiger partial charge in [0.25, 0.3) is 5.91 Å². The van der Waals surface area contributed by atoms with Crippen LogP contribution in [-0.4, -0.2) is 47.4 Å². The highest BCUT2D eigenvalue weighted by Crippen LogP contribution is 2.29. The minimum absolute atomic E-state index is 0.122. The average Bonchev–Trinajstić information content (AvgIpc) is 2.52. The number of hydrogen-bond acceptors (Lipinski definition) is 3. The quantitative estimate of drug-likeness (QED) is 0.874. The third kappa shape index (κ3) is 4.06. The number of nitrogens with zero attached hydrogens (tertiary/aromatic N) is 1. The van der Waals surface area contributed by atoms with E-state index in [0.717, 1.165) is 6.07 Å². The van der Waals surface area contributed by atoms with Gasteiger partial charge in [-0.1, -0.05) is 6.07 Å². The van der Waals surface area contributed by atoms with Crippen molar-refractivity contribution in [1.82, 2.24) is 10.2 Å². The number of aliphatic carboxylic acids is 1. The number of hydrogen-bond donors (Lipinski definition) is 2. The van der Waals surface area contributed by atoms with Gasteiger partial charge in [0.2, 0.25) is 5.91 Å².